The van der Waals surface area contributed by atoms with Crippen molar-refractivity contribution in [1.82, 2.24) is 9.78 Å². The Bertz CT molecular complexity index is 726. The quantitative estimate of drug-likeness (QED) is 0.766. The van der Waals surface area contributed by atoms with Gasteiger partial charge in [0.15, 0.2) is 18.1 Å². The Morgan fingerprint density at radius 1 is 1.25 bits per heavy atom. The fourth-order valence-corrected chi connectivity index (χ4v) is 1.98. The van der Waals surface area contributed by atoms with E-state index in [1.165, 1.54) is 12.1 Å². The first kappa shape index (κ1) is 17.3. The number of hydrogen-bond donors (Lipinski definition) is 2. The third kappa shape index (κ3) is 4.48. The number of carbonyl (C=O) groups excluding carboxylic acids is 1. The maximum Gasteiger partial charge on any atom is 0.341 e. The van der Waals surface area contributed by atoms with Crippen molar-refractivity contribution in [2.24, 2.45) is 0 Å². The first-order valence-electron chi connectivity index (χ1n) is 7.48. The SMILES string of the molecule is CCOc1cc(C(=O)Nc2cnn(CC)c2)ccc1OCC(=O)O. The van der Waals surface area contributed by atoms with Crippen molar-refractivity contribution < 1.29 is 24.2 Å². The van der Waals surface area contributed by atoms with Gasteiger partial charge < -0.3 is 19.9 Å². The third-order valence-electron chi connectivity index (χ3n) is 3.07. The Kier molecular flexibility index (Phi) is 5.78. The Morgan fingerprint density at radius 3 is 2.67 bits per heavy atom. The van der Waals surface area contributed by atoms with Crippen molar-refractivity contribution in [3.8, 4) is 11.5 Å². The van der Waals surface area contributed by atoms with Crippen LogP contribution in [0.4, 0.5) is 5.69 Å². The second-order valence-corrected chi connectivity index (χ2v) is 4.82. The molecule has 2 N–H and O–H groups in total. The van der Waals surface area contributed by atoms with Crippen LogP contribution in [0, 0.1) is 0 Å². The predicted molar refractivity (Wildman–Crippen MR) is 86.6 cm³/mol. The number of rotatable bonds is 8. The molecule has 0 aliphatic rings. The van der Waals surface area contributed by atoms with E-state index in [2.05, 4.69) is 10.4 Å². The van der Waals surface area contributed by atoms with Crippen LogP contribution in [0.15, 0.2) is 30.6 Å². The van der Waals surface area contributed by atoms with Crippen molar-refractivity contribution in [1.29, 1.82) is 0 Å². The van der Waals surface area contributed by atoms with Crippen LogP contribution in [0.25, 0.3) is 0 Å². The van der Waals surface area contributed by atoms with Gasteiger partial charge in [0, 0.05) is 18.3 Å². The molecule has 0 fully saturated rings. The lowest BCUT2D eigenvalue weighted by molar-refractivity contribution is -0.139. The number of ether oxygens (including phenoxy) is 2. The first-order valence-corrected chi connectivity index (χ1v) is 7.48. The summed E-state index contributed by atoms with van der Waals surface area (Å²) < 4.78 is 12.3. The number of nitrogens with one attached hydrogen (secondary N) is 1. The minimum atomic E-state index is -1.09. The van der Waals surface area contributed by atoms with Gasteiger partial charge in [0.2, 0.25) is 0 Å². The van der Waals surface area contributed by atoms with E-state index < -0.39 is 12.6 Å². The molecule has 1 aromatic heterocycles. The zero-order valence-electron chi connectivity index (χ0n) is 13.5. The number of aryl methyl sites for hydroxylation is 1. The molecule has 0 saturated carbocycles. The van der Waals surface area contributed by atoms with Crippen LogP contribution in [0.2, 0.25) is 0 Å². The molecule has 1 amide bonds. The van der Waals surface area contributed by atoms with Crippen molar-refractivity contribution in [2.45, 2.75) is 20.4 Å². The highest BCUT2D eigenvalue weighted by molar-refractivity contribution is 6.04. The van der Waals surface area contributed by atoms with E-state index in [0.717, 1.165) is 0 Å². The number of amides is 1. The largest absolute Gasteiger partial charge is 0.490 e. The summed E-state index contributed by atoms with van der Waals surface area (Å²) in [6.45, 7) is 4.31. The highest BCUT2D eigenvalue weighted by Gasteiger charge is 2.13. The van der Waals surface area contributed by atoms with Gasteiger partial charge in [0.1, 0.15) is 0 Å². The van der Waals surface area contributed by atoms with E-state index in [1.54, 1.807) is 30.1 Å². The number of aromatic nitrogens is 2. The average Bonchev–Trinajstić information content (AvgIpc) is 3.01. The van der Waals surface area contributed by atoms with Gasteiger partial charge in [-0.2, -0.15) is 5.10 Å². The fourth-order valence-electron chi connectivity index (χ4n) is 1.98. The molecular formula is C16H19N3O5. The molecule has 0 aliphatic carbocycles. The van der Waals surface area contributed by atoms with Gasteiger partial charge in [-0.25, -0.2) is 4.79 Å². The van der Waals surface area contributed by atoms with Gasteiger partial charge in [-0.3, -0.25) is 9.48 Å². The normalized spacial score (nSPS) is 10.2. The highest BCUT2D eigenvalue weighted by Crippen LogP contribution is 2.28. The summed E-state index contributed by atoms with van der Waals surface area (Å²) in [5.74, 6) is -0.825. The number of hydrogen-bond acceptors (Lipinski definition) is 5. The minimum absolute atomic E-state index is 0.273. The highest BCUT2D eigenvalue weighted by atomic mass is 16.5. The van der Waals surface area contributed by atoms with Crippen molar-refractivity contribution in [3.63, 3.8) is 0 Å². The zero-order chi connectivity index (χ0) is 17.5. The standard InChI is InChI=1S/C16H19N3O5/c1-3-19-9-12(8-17-19)18-16(22)11-5-6-13(24-10-15(20)21)14(7-11)23-4-2/h5-9H,3-4,10H2,1-2H3,(H,18,22)(H,20,21). The number of carboxylic acids is 1. The van der Waals surface area contributed by atoms with Crippen LogP contribution < -0.4 is 14.8 Å². The van der Waals surface area contributed by atoms with E-state index in [9.17, 15) is 9.59 Å². The summed E-state index contributed by atoms with van der Waals surface area (Å²) in [6, 6.07) is 4.57. The molecule has 1 aromatic carbocycles. The average molecular weight is 333 g/mol. The lowest BCUT2D eigenvalue weighted by Gasteiger charge is -2.12. The van der Waals surface area contributed by atoms with Crippen LogP contribution in [0.5, 0.6) is 11.5 Å². The molecule has 8 nitrogen and oxygen atoms in total. The molecule has 0 bridgehead atoms. The summed E-state index contributed by atoms with van der Waals surface area (Å²) in [4.78, 5) is 22.9. The maximum atomic E-state index is 12.3. The molecule has 0 atom stereocenters. The first-order chi connectivity index (χ1) is 11.5. The van der Waals surface area contributed by atoms with Crippen molar-refractivity contribution >= 4 is 17.6 Å². The number of nitrogens with zero attached hydrogens (tertiary/aromatic N) is 2. The molecule has 128 valence electrons. The lowest BCUT2D eigenvalue weighted by Crippen LogP contribution is -2.13. The zero-order valence-corrected chi connectivity index (χ0v) is 13.5. The monoisotopic (exact) mass is 333 g/mol. The minimum Gasteiger partial charge on any atom is -0.490 e. The Balaban J connectivity index is 2.15. The van der Waals surface area contributed by atoms with Crippen molar-refractivity contribution in [3.05, 3.63) is 36.2 Å². The van der Waals surface area contributed by atoms with E-state index >= 15 is 0 Å². The Hall–Kier alpha value is -3.03. The van der Waals surface area contributed by atoms with Gasteiger partial charge >= 0.3 is 5.97 Å². The van der Waals surface area contributed by atoms with Gasteiger partial charge in [0.25, 0.3) is 5.91 Å². The molecule has 0 unspecified atom stereocenters. The van der Waals surface area contributed by atoms with Crippen LogP contribution >= 0.6 is 0 Å². The summed E-state index contributed by atoms with van der Waals surface area (Å²) in [5.41, 5.74) is 0.955. The number of benzene rings is 1. The maximum absolute atomic E-state index is 12.3. The van der Waals surface area contributed by atoms with Gasteiger partial charge in [-0.05, 0) is 32.0 Å². The van der Waals surface area contributed by atoms with E-state index in [-0.39, 0.29) is 11.7 Å². The topological polar surface area (TPSA) is 103 Å². The van der Waals surface area contributed by atoms with Crippen LogP contribution in [-0.4, -0.2) is 40.0 Å². The molecule has 24 heavy (non-hydrogen) atoms. The Morgan fingerprint density at radius 2 is 2.04 bits per heavy atom. The smallest absolute Gasteiger partial charge is 0.341 e. The molecule has 0 radical (unpaired) electrons. The third-order valence-corrected chi connectivity index (χ3v) is 3.07. The summed E-state index contributed by atoms with van der Waals surface area (Å²) in [7, 11) is 0. The van der Waals surface area contributed by atoms with E-state index in [0.29, 0.717) is 30.2 Å². The second kappa shape index (κ2) is 8.00. The molecule has 2 rings (SSSR count). The van der Waals surface area contributed by atoms with Crippen LogP contribution in [0.3, 0.4) is 0 Å². The van der Waals surface area contributed by atoms with E-state index in [1.807, 2.05) is 6.92 Å². The van der Waals surface area contributed by atoms with Crippen LogP contribution in [-0.2, 0) is 11.3 Å². The number of anilines is 1. The van der Waals surface area contributed by atoms with Crippen LogP contribution in [0.1, 0.15) is 24.2 Å². The molecule has 0 aliphatic heterocycles. The molecule has 2 aromatic rings. The molecule has 8 heteroatoms. The summed E-state index contributed by atoms with van der Waals surface area (Å²) >= 11 is 0. The van der Waals surface area contributed by atoms with Crippen molar-refractivity contribution in [2.75, 3.05) is 18.5 Å². The number of aliphatic carboxylic acids is 1. The van der Waals surface area contributed by atoms with Gasteiger partial charge in [-0.1, -0.05) is 0 Å². The summed E-state index contributed by atoms with van der Waals surface area (Å²) in [6.07, 6.45) is 3.29. The second-order valence-electron chi connectivity index (χ2n) is 4.82. The van der Waals surface area contributed by atoms with Gasteiger partial charge in [-0.15, -0.1) is 0 Å². The lowest BCUT2D eigenvalue weighted by atomic mass is 10.2. The molecule has 0 saturated heterocycles. The number of carbonyl (C=O) groups is 2. The predicted octanol–water partition coefficient (Wildman–Crippen LogP) is 2.02. The molecule has 0 spiro atoms. The Labute approximate surface area is 139 Å². The summed E-state index contributed by atoms with van der Waals surface area (Å²) in [5, 5.41) is 15.5. The van der Waals surface area contributed by atoms with E-state index in [4.69, 9.17) is 14.6 Å². The fraction of sp³-hybridized carbons (Fsp3) is 0.312. The van der Waals surface area contributed by atoms with Gasteiger partial charge in [0.05, 0.1) is 18.5 Å². The number of carboxylic acid groups (broad SMARTS) is 1. The molecule has 1 heterocycles. The molecular weight excluding hydrogens is 314 g/mol.